The van der Waals surface area contributed by atoms with Crippen molar-refractivity contribution in [1.29, 1.82) is 0 Å². The molecule has 0 unspecified atom stereocenters. The van der Waals surface area contributed by atoms with Crippen LogP contribution in [0.5, 0.6) is 0 Å². The van der Waals surface area contributed by atoms with Crippen LogP contribution in [0.25, 0.3) is 0 Å². The maximum absolute atomic E-state index is 12.1. The van der Waals surface area contributed by atoms with Crippen molar-refractivity contribution in [2.24, 2.45) is 0 Å². The first-order valence-electron chi connectivity index (χ1n) is 6.99. The molecule has 0 saturated heterocycles. The third-order valence-electron chi connectivity index (χ3n) is 2.79. The lowest BCUT2D eigenvalue weighted by molar-refractivity contribution is -0.384. The summed E-state index contributed by atoms with van der Waals surface area (Å²) in [6, 6.07) is 4.46. The number of nitro groups is 1. The summed E-state index contributed by atoms with van der Waals surface area (Å²) in [6.45, 7) is 5.91. The molecule has 116 valence electrons. The van der Waals surface area contributed by atoms with Gasteiger partial charge in [0.05, 0.1) is 10.5 Å². The highest BCUT2D eigenvalue weighted by molar-refractivity contribution is 6.01. The Morgan fingerprint density at radius 1 is 1.38 bits per heavy atom. The summed E-state index contributed by atoms with van der Waals surface area (Å²) in [5, 5.41) is 16.7. The third-order valence-corrected chi connectivity index (χ3v) is 2.79. The highest BCUT2D eigenvalue weighted by Gasteiger charge is 2.20. The molecule has 0 aliphatic heterocycles. The summed E-state index contributed by atoms with van der Waals surface area (Å²) in [4.78, 5) is 22.7. The lowest BCUT2D eigenvalue weighted by atomic mass is 10.1. The Morgan fingerprint density at radius 3 is 2.76 bits per heavy atom. The van der Waals surface area contributed by atoms with Gasteiger partial charge in [-0.1, -0.05) is 6.07 Å². The van der Waals surface area contributed by atoms with Gasteiger partial charge in [0.15, 0.2) is 0 Å². The summed E-state index contributed by atoms with van der Waals surface area (Å²) >= 11 is 0. The normalized spacial score (nSPS) is 10.2. The quantitative estimate of drug-likeness (QED) is 0.414. The molecule has 7 nitrogen and oxygen atoms in total. The van der Waals surface area contributed by atoms with E-state index in [1.807, 2.05) is 13.8 Å². The second-order valence-electron chi connectivity index (χ2n) is 4.29. The first-order valence-corrected chi connectivity index (χ1v) is 6.99. The Labute approximate surface area is 123 Å². The molecule has 1 rings (SSSR count). The van der Waals surface area contributed by atoms with Crippen molar-refractivity contribution in [2.75, 3.05) is 31.6 Å². The van der Waals surface area contributed by atoms with Gasteiger partial charge >= 0.3 is 0 Å². The smallest absolute Gasteiger partial charge is 0.293 e. The van der Waals surface area contributed by atoms with E-state index in [4.69, 9.17) is 4.74 Å². The van der Waals surface area contributed by atoms with Gasteiger partial charge in [0, 0.05) is 32.4 Å². The SMILES string of the molecule is CCNc1c(C(=O)NCCCOCC)cccc1[N+](=O)[O-]. The van der Waals surface area contributed by atoms with Crippen molar-refractivity contribution in [1.82, 2.24) is 5.32 Å². The van der Waals surface area contributed by atoms with Crippen LogP contribution in [0.2, 0.25) is 0 Å². The minimum absolute atomic E-state index is 0.0983. The lowest BCUT2D eigenvalue weighted by Gasteiger charge is -2.11. The predicted octanol–water partition coefficient (Wildman–Crippen LogP) is 2.18. The van der Waals surface area contributed by atoms with E-state index in [1.165, 1.54) is 12.1 Å². The molecular weight excluding hydrogens is 274 g/mol. The minimum atomic E-state index is -0.496. The van der Waals surface area contributed by atoms with E-state index in [9.17, 15) is 14.9 Å². The molecular formula is C14H21N3O4. The number of ether oxygens (including phenoxy) is 1. The first kappa shape index (κ1) is 16.9. The van der Waals surface area contributed by atoms with Gasteiger partial charge in [-0.25, -0.2) is 0 Å². The highest BCUT2D eigenvalue weighted by atomic mass is 16.6. The molecule has 1 aromatic rings. The van der Waals surface area contributed by atoms with Crippen LogP contribution in [-0.4, -0.2) is 37.1 Å². The van der Waals surface area contributed by atoms with Crippen molar-refractivity contribution >= 4 is 17.3 Å². The molecule has 0 aromatic heterocycles. The van der Waals surface area contributed by atoms with E-state index in [1.54, 1.807) is 6.07 Å². The van der Waals surface area contributed by atoms with E-state index in [0.717, 1.165) is 0 Å². The number of nitrogens with zero attached hydrogens (tertiary/aromatic N) is 1. The minimum Gasteiger partial charge on any atom is -0.382 e. The molecule has 0 heterocycles. The lowest BCUT2D eigenvalue weighted by Crippen LogP contribution is -2.26. The van der Waals surface area contributed by atoms with E-state index >= 15 is 0 Å². The standard InChI is InChI=1S/C14H21N3O4/c1-3-15-13-11(7-5-8-12(13)17(19)20)14(18)16-9-6-10-21-4-2/h5,7-8,15H,3-4,6,9-10H2,1-2H3,(H,16,18). The maximum Gasteiger partial charge on any atom is 0.293 e. The van der Waals surface area contributed by atoms with Gasteiger partial charge < -0.3 is 15.4 Å². The highest BCUT2D eigenvalue weighted by Crippen LogP contribution is 2.28. The average Bonchev–Trinajstić information content (AvgIpc) is 2.47. The number of rotatable bonds is 9. The number of carbonyl (C=O) groups is 1. The Hall–Kier alpha value is -2.15. The number of anilines is 1. The Kier molecular flexibility index (Phi) is 7.17. The summed E-state index contributed by atoms with van der Waals surface area (Å²) in [5.74, 6) is -0.328. The molecule has 0 radical (unpaired) electrons. The van der Waals surface area contributed by atoms with Crippen LogP contribution >= 0.6 is 0 Å². The van der Waals surface area contributed by atoms with Crippen LogP contribution in [0.15, 0.2) is 18.2 Å². The van der Waals surface area contributed by atoms with E-state index in [0.29, 0.717) is 32.7 Å². The van der Waals surface area contributed by atoms with Gasteiger partial charge in [0.2, 0.25) is 0 Å². The van der Waals surface area contributed by atoms with Gasteiger partial charge in [-0.3, -0.25) is 14.9 Å². The van der Waals surface area contributed by atoms with Crippen LogP contribution < -0.4 is 10.6 Å². The van der Waals surface area contributed by atoms with E-state index < -0.39 is 4.92 Å². The number of amides is 1. The van der Waals surface area contributed by atoms with Crippen LogP contribution in [0.1, 0.15) is 30.6 Å². The van der Waals surface area contributed by atoms with Crippen LogP contribution in [0, 0.1) is 10.1 Å². The molecule has 21 heavy (non-hydrogen) atoms. The fourth-order valence-electron chi connectivity index (χ4n) is 1.86. The van der Waals surface area contributed by atoms with Crippen molar-refractivity contribution in [3.63, 3.8) is 0 Å². The van der Waals surface area contributed by atoms with Gasteiger partial charge in [0.1, 0.15) is 5.69 Å². The maximum atomic E-state index is 12.1. The predicted molar refractivity (Wildman–Crippen MR) is 80.7 cm³/mol. The topological polar surface area (TPSA) is 93.5 Å². The van der Waals surface area contributed by atoms with Crippen LogP contribution in [-0.2, 0) is 4.74 Å². The Balaban J connectivity index is 2.78. The van der Waals surface area contributed by atoms with Crippen molar-refractivity contribution in [3.8, 4) is 0 Å². The number of benzene rings is 1. The Morgan fingerprint density at radius 2 is 2.14 bits per heavy atom. The van der Waals surface area contributed by atoms with Crippen molar-refractivity contribution in [2.45, 2.75) is 20.3 Å². The zero-order valence-electron chi connectivity index (χ0n) is 12.3. The zero-order chi connectivity index (χ0) is 15.7. The summed E-state index contributed by atoms with van der Waals surface area (Å²) in [7, 11) is 0. The molecule has 1 amide bonds. The number of hydrogen-bond acceptors (Lipinski definition) is 5. The summed E-state index contributed by atoms with van der Waals surface area (Å²) < 4.78 is 5.18. The fraction of sp³-hybridized carbons (Fsp3) is 0.500. The van der Waals surface area contributed by atoms with Crippen LogP contribution in [0.4, 0.5) is 11.4 Å². The molecule has 0 fully saturated rings. The number of nitro benzene ring substituents is 1. The molecule has 7 heteroatoms. The van der Waals surface area contributed by atoms with E-state index in [2.05, 4.69) is 10.6 Å². The van der Waals surface area contributed by atoms with Crippen LogP contribution in [0.3, 0.4) is 0 Å². The first-order chi connectivity index (χ1) is 10.1. The molecule has 1 aromatic carbocycles. The summed E-state index contributed by atoms with van der Waals surface area (Å²) in [6.07, 6.45) is 0.699. The molecule has 0 spiro atoms. The van der Waals surface area contributed by atoms with Gasteiger partial charge in [0.25, 0.3) is 11.6 Å². The van der Waals surface area contributed by atoms with Gasteiger partial charge in [-0.05, 0) is 26.3 Å². The van der Waals surface area contributed by atoms with E-state index in [-0.39, 0.29) is 22.8 Å². The number of carbonyl (C=O) groups excluding carboxylic acids is 1. The molecule has 0 atom stereocenters. The zero-order valence-corrected chi connectivity index (χ0v) is 12.3. The molecule has 0 aliphatic rings. The number of nitrogens with one attached hydrogen (secondary N) is 2. The monoisotopic (exact) mass is 295 g/mol. The fourth-order valence-corrected chi connectivity index (χ4v) is 1.86. The average molecular weight is 295 g/mol. The molecule has 0 aliphatic carbocycles. The van der Waals surface area contributed by atoms with Gasteiger partial charge in [-0.2, -0.15) is 0 Å². The summed E-state index contributed by atoms with van der Waals surface area (Å²) in [5.41, 5.74) is 0.439. The largest absolute Gasteiger partial charge is 0.382 e. The number of hydrogen-bond donors (Lipinski definition) is 2. The number of para-hydroxylation sites is 1. The third kappa shape index (κ3) is 5.03. The Bertz CT molecular complexity index is 491. The second kappa shape index (κ2) is 8.91. The van der Waals surface area contributed by atoms with Gasteiger partial charge in [-0.15, -0.1) is 0 Å². The molecule has 0 bridgehead atoms. The van der Waals surface area contributed by atoms with Crippen molar-refractivity contribution in [3.05, 3.63) is 33.9 Å². The second-order valence-corrected chi connectivity index (χ2v) is 4.29. The van der Waals surface area contributed by atoms with Crippen molar-refractivity contribution < 1.29 is 14.5 Å². The molecule has 2 N–H and O–H groups in total. The molecule has 0 saturated carbocycles.